The molecule has 0 spiro atoms. The second-order valence-electron chi connectivity index (χ2n) is 7.93. The van der Waals surface area contributed by atoms with Gasteiger partial charge in [0.05, 0.1) is 36.1 Å². The van der Waals surface area contributed by atoms with Crippen LogP contribution in [0.5, 0.6) is 11.5 Å². The largest absolute Gasteiger partial charge is 0.493 e. The van der Waals surface area contributed by atoms with Gasteiger partial charge in [0.1, 0.15) is 12.4 Å². The fraction of sp³-hybridized carbons (Fsp3) is 0.143. The minimum Gasteiger partial charge on any atom is -0.493 e. The molecule has 1 heterocycles. The number of carbonyl (C=O) groups excluding carboxylic acids is 2. The highest BCUT2D eigenvalue weighted by Gasteiger charge is 2.38. The van der Waals surface area contributed by atoms with Gasteiger partial charge in [-0.2, -0.15) is 0 Å². The number of benzene rings is 3. The normalized spacial score (nSPS) is 14.4. The average molecular weight is 508 g/mol. The Morgan fingerprint density at radius 1 is 1.03 bits per heavy atom. The number of ether oxygens (including phenoxy) is 3. The van der Waals surface area contributed by atoms with Gasteiger partial charge in [-0.15, -0.1) is 0 Å². The maximum absolute atomic E-state index is 13.7. The van der Waals surface area contributed by atoms with E-state index in [1.807, 2.05) is 30.3 Å². The van der Waals surface area contributed by atoms with Crippen molar-refractivity contribution in [1.29, 1.82) is 0 Å². The number of hydrogen-bond acceptors (Lipinski definition) is 5. The van der Waals surface area contributed by atoms with Crippen molar-refractivity contribution in [3.05, 3.63) is 106 Å². The van der Waals surface area contributed by atoms with Gasteiger partial charge in [0.2, 0.25) is 0 Å². The van der Waals surface area contributed by atoms with Crippen LogP contribution in [0.4, 0.5) is 10.1 Å². The quantitative estimate of drug-likeness (QED) is 0.292. The van der Waals surface area contributed by atoms with Crippen LogP contribution < -0.4 is 14.4 Å². The molecule has 0 saturated carbocycles. The van der Waals surface area contributed by atoms with Crippen LogP contribution in [0.15, 0.2) is 83.6 Å². The molecule has 0 atom stereocenters. The standard InChI is InChI=1S/C28H23ClFNO5/c1-17-26(28(33)35-3)21(27(32)31(17)20-10-11-23(30)22(29)15-20)13-19-9-12-24(25(14-19)34-2)36-16-18-7-5-4-6-8-18/h4-15H,16H2,1-3H3/b21-13-. The first-order chi connectivity index (χ1) is 17.3. The molecule has 0 aromatic heterocycles. The minimum absolute atomic E-state index is 0.103. The molecule has 8 heteroatoms. The molecule has 1 amide bonds. The van der Waals surface area contributed by atoms with Gasteiger partial charge in [-0.05, 0) is 54.5 Å². The molecule has 0 fully saturated rings. The number of allylic oxidation sites excluding steroid dienone is 1. The van der Waals surface area contributed by atoms with Crippen LogP contribution in [0.2, 0.25) is 5.02 Å². The van der Waals surface area contributed by atoms with Crippen LogP contribution in [-0.4, -0.2) is 26.1 Å². The highest BCUT2D eigenvalue weighted by atomic mass is 35.5. The lowest BCUT2D eigenvalue weighted by Gasteiger charge is -2.18. The summed E-state index contributed by atoms with van der Waals surface area (Å²) in [5, 5.41) is -0.138. The fourth-order valence-corrected chi connectivity index (χ4v) is 4.09. The second kappa shape index (κ2) is 10.7. The zero-order valence-corrected chi connectivity index (χ0v) is 20.6. The van der Waals surface area contributed by atoms with E-state index in [0.717, 1.165) is 11.6 Å². The van der Waals surface area contributed by atoms with Crippen LogP contribution in [0.25, 0.3) is 6.08 Å². The first-order valence-corrected chi connectivity index (χ1v) is 11.4. The molecule has 184 valence electrons. The topological polar surface area (TPSA) is 65.1 Å². The van der Waals surface area contributed by atoms with Crippen molar-refractivity contribution >= 4 is 35.2 Å². The SMILES string of the molecule is COC(=O)C1=C(C)N(c2ccc(F)c(Cl)c2)C(=O)/C1=C\c1ccc(OCc2ccccc2)c(OC)c1. The Kier molecular flexibility index (Phi) is 7.41. The third-order valence-electron chi connectivity index (χ3n) is 5.69. The van der Waals surface area contributed by atoms with Gasteiger partial charge in [0.25, 0.3) is 5.91 Å². The molecule has 36 heavy (non-hydrogen) atoms. The molecular weight excluding hydrogens is 485 g/mol. The van der Waals surface area contributed by atoms with Crippen molar-refractivity contribution in [2.45, 2.75) is 13.5 Å². The van der Waals surface area contributed by atoms with Crippen LogP contribution in [0, 0.1) is 5.82 Å². The van der Waals surface area contributed by atoms with Crippen molar-refractivity contribution in [2.24, 2.45) is 0 Å². The number of rotatable bonds is 7. The van der Waals surface area contributed by atoms with E-state index in [4.69, 9.17) is 25.8 Å². The summed E-state index contributed by atoms with van der Waals surface area (Å²) in [6, 6.07) is 18.8. The predicted molar refractivity (Wildman–Crippen MR) is 135 cm³/mol. The zero-order valence-electron chi connectivity index (χ0n) is 19.9. The van der Waals surface area contributed by atoms with Crippen molar-refractivity contribution in [2.75, 3.05) is 19.1 Å². The maximum atomic E-state index is 13.7. The van der Waals surface area contributed by atoms with E-state index in [2.05, 4.69) is 0 Å². The molecule has 0 aliphatic carbocycles. The average Bonchev–Trinajstić information content (AvgIpc) is 3.13. The van der Waals surface area contributed by atoms with E-state index in [1.54, 1.807) is 31.2 Å². The summed E-state index contributed by atoms with van der Waals surface area (Å²) in [7, 11) is 2.76. The number of carbonyl (C=O) groups is 2. The maximum Gasteiger partial charge on any atom is 0.340 e. The highest BCUT2D eigenvalue weighted by molar-refractivity contribution is 6.31. The Balaban J connectivity index is 1.69. The smallest absolute Gasteiger partial charge is 0.340 e. The van der Waals surface area contributed by atoms with Crippen molar-refractivity contribution in [1.82, 2.24) is 0 Å². The van der Waals surface area contributed by atoms with E-state index in [-0.39, 0.29) is 16.2 Å². The Morgan fingerprint density at radius 2 is 1.78 bits per heavy atom. The molecule has 1 aliphatic rings. The van der Waals surface area contributed by atoms with Crippen molar-refractivity contribution in [3.8, 4) is 11.5 Å². The number of anilines is 1. The molecule has 6 nitrogen and oxygen atoms in total. The van der Waals surface area contributed by atoms with Gasteiger partial charge < -0.3 is 14.2 Å². The van der Waals surface area contributed by atoms with Gasteiger partial charge in [0, 0.05) is 5.70 Å². The number of amides is 1. The molecule has 0 N–H and O–H groups in total. The molecule has 3 aromatic carbocycles. The summed E-state index contributed by atoms with van der Waals surface area (Å²) in [6.07, 6.45) is 1.58. The summed E-state index contributed by atoms with van der Waals surface area (Å²) in [6.45, 7) is 1.98. The lowest BCUT2D eigenvalue weighted by Crippen LogP contribution is -2.24. The van der Waals surface area contributed by atoms with Crippen LogP contribution in [0.1, 0.15) is 18.1 Å². The second-order valence-corrected chi connectivity index (χ2v) is 8.34. The summed E-state index contributed by atoms with van der Waals surface area (Å²) < 4.78 is 30.0. The van der Waals surface area contributed by atoms with Crippen molar-refractivity contribution < 1.29 is 28.2 Å². The summed E-state index contributed by atoms with van der Waals surface area (Å²) in [5.41, 5.74) is 2.51. The molecule has 3 aromatic rings. The highest BCUT2D eigenvalue weighted by Crippen LogP contribution is 2.37. The Hall–Kier alpha value is -4.10. The van der Waals surface area contributed by atoms with Crippen LogP contribution in [-0.2, 0) is 20.9 Å². The van der Waals surface area contributed by atoms with Gasteiger partial charge in [-0.25, -0.2) is 9.18 Å². The molecule has 0 bridgehead atoms. The van der Waals surface area contributed by atoms with Gasteiger partial charge in [-0.3, -0.25) is 9.69 Å². The Morgan fingerprint density at radius 3 is 2.44 bits per heavy atom. The van der Waals surface area contributed by atoms with E-state index in [1.165, 1.54) is 31.3 Å². The lowest BCUT2D eigenvalue weighted by atomic mass is 10.0. The molecule has 0 unspecified atom stereocenters. The van der Waals surface area contributed by atoms with Gasteiger partial charge in [0.15, 0.2) is 11.5 Å². The zero-order chi connectivity index (χ0) is 25.8. The van der Waals surface area contributed by atoms with E-state index >= 15 is 0 Å². The third-order valence-corrected chi connectivity index (χ3v) is 5.98. The minimum atomic E-state index is -0.669. The number of esters is 1. The Bertz CT molecular complexity index is 1380. The van der Waals surface area contributed by atoms with Crippen LogP contribution >= 0.6 is 11.6 Å². The molecule has 1 aliphatic heterocycles. The van der Waals surface area contributed by atoms with E-state index in [0.29, 0.717) is 35.1 Å². The van der Waals surface area contributed by atoms with Crippen molar-refractivity contribution in [3.63, 3.8) is 0 Å². The first kappa shape index (κ1) is 25.0. The molecule has 0 saturated heterocycles. The summed E-state index contributed by atoms with van der Waals surface area (Å²) in [5.74, 6) is -0.757. The third kappa shape index (κ3) is 4.97. The Labute approximate surface area is 213 Å². The van der Waals surface area contributed by atoms with E-state index in [9.17, 15) is 14.0 Å². The molecule has 0 radical (unpaired) electrons. The van der Waals surface area contributed by atoms with Gasteiger partial charge in [-0.1, -0.05) is 48.0 Å². The summed E-state index contributed by atoms with van der Waals surface area (Å²) >= 11 is 5.93. The van der Waals surface area contributed by atoms with Gasteiger partial charge >= 0.3 is 5.97 Å². The monoisotopic (exact) mass is 507 g/mol. The van der Waals surface area contributed by atoms with Crippen LogP contribution in [0.3, 0.4) is 0 Å². The predicted octanol–water partition coefficient (Wildman–Crippen LogP) is 5.94. The fourth-order valence-electron chi connectivity index (χ4n) is 3.91. The molecule has 4 rings (SSSR count). The molecular formula is C28H23ClFNO5. The van der Waals surface area contributed by atoms with E-state index < -0.39 is 17.7 Å². The first-order valence-electron chi connectivity index (χ1n) is 11.0. The number of halogens is 2. The summed E-state index contributed by atoms with van der Waals surface area (Å²) in [4.78, 5) is 27.4. The number of methoxy groups -OCH3 is 2. The number of nitrogens with zero attached hydrogens (tertiary/aromatic N) is 1. The number of hydrogen-bond donors (Lipinski definition) is 0. The lowest BCUT2D eigenvalue weighted by molar-refractivity contribution is -0.136.